The molecule has 0 bridgehead atoms. The van der Waals surface area contributed by atoms with Crippen molar-refractivity contribution in [2.75, 3.05) is 5.32 Å². The van der Waals surface area contributed by atoms with Crippen molar-refractivity contribution in [2.24, 2.45) is 0 Å². The van der Waals surface area contributed by atoms with E-state index >= 15 is 0 Å². The maximum absolute atomic E-state index is 11.1. The van der Waals surface area contributed by atoms with Gasteiger partial charge >= 0.3 is 0 Å². The number of hydrogen-bond acceptors (Lipinski definition) is 3. The van der Waals surface area contributed by atoms with Gasteiger partial charge in [0.1, 0.15) is 0 Å². The second-order valence-electron chi connectivity index (χ2n) is 4.79. The maximum atomic E-state index is 11.1. The number of aryl methyl sites for hydroxylation is 1. The van der Waals surface area contributed by atoms with E-state index in [1.54, 1.807) is 12.1 Å². The van der Waals surface area contributed by atoms with Crippen molar-refractivity contribution >= 4 is 27.3 Å². The van der Waals surface area contributed by atoms with E-state index in [-0.39, 0.29) is 10.6 Å². The van der Waals surface area contributed by atoms with Crippen LogP contribution in [0.15, 0.2) is 46.9 Å². The fraction of sp³-hybridized carbons (Fsp3) is 0.250. The molecule has 2 rings (SSSR count). The van der Waals surface area contributed by atoms with E-state index in [0.717, 1.165) is 23.0 Å². The van der Waals surface area contributed by atoms with Crippen LogP contribution in [0.25, 0.3) is 0 Å². The molecule has 2 aromatic rings. The van der Waals surface area contributed by atoms with Crippen LogP contribution >= 0.6 is 15.9 Å². The number of hydrogen-bond donors (Lipinski definition) is 1. The van der Waals surface area contributed by atoms with E-state index in [2.05, 4.69) is 34.2 Å². The van der Waals surface area contributed by atoms with E-state index in [9.17, 15) is 10.1 Å². The molecule has 0 radical (unpaired) electrons. The molecule has 0 aliphatic carbocycles. The fourth-order valence-electron chi connectivity index (χ4n) is 2.24. The topological polar surface area (TPSA) is 55.2 Å². The second kappa shape index (κ2) is 7.22. The molecular formula is C16H17BrN2O2. The highest BCUT2D eigenvalue weighted by atomic mass is 79.9. The number of rotatable bonds is 6. The lowest BCUT2D eigenvalue weighted by molar-refractivity contribution is -0.385. The molecule has 0 spiro atoms. The standard InChI is InChI=1S/C16H17BrN2O2/c1-2-5-12-6-3-4-7-15(12)18-11-13-10-14(17)8-9-16(13)19(20)21/h3-4,6-10,18H,2,5,11H2,1H3. The summed E-state index contributed by atoms with van der Waals surface area (Å²) in [5, 5.41) is 14.4. The zero-order chi connectivity index (χ0) is 15.2. The van der Waals surface area contributed by atoms with Gasteiger partial charge in [0.2, 0.25) is 0 Å². The molecule has 0 fully saturated rings. The molecule has 0 aliphatic heterocycles. The Bertz CT molecular complexity index is 644. The second-order valence-corrected chi connectivity index (χ2v) is 5.71. The zero-order valence-corrected chi connectivity index (χ0v) is 13.4. The van der Waals surface area contributed by atoms with Crippen molar-refractivity contribution < 1.29 is 4.92 Å². The first kappa shape index (κ1) is 15.5. The van der Waals surface area contributed by atoms with Crippen molar-refractivity contribution in [1.29, 1.82) is 0 Å². The van der Waals surface area contributed by atoms with E-state index in [1.807, 2.05) is 18.2 Å². The Kier molecular flexibility index (Phi) is 5.33. The van der Waals surface area contributed by atoms with E-state index in [1.165, 1.54) is 11.6 Å². The molecule has 0 amide bonds. The Morgan fingerprint density at radius 2 is 1.95 bits per heavy atom. The third kappa shape index (κ3) is 4.04. The summed E-state index contributed by atoms with van der Waals surface area (Å²) >= 11 is 3.36. The average molecular weight is 349 g/mol. The summed E-state index contributed by atoms with van der Waals surface area (Å²) in [4.78, 5) is 10.7. The van der Waals surface area contributed by atoms with Crippen molar-refractivity contribution in [3.05, 3.63) is 68.2 Å². The lowest BCUT2D eigenvalue weighted by Crippen LogP contribution is -2.05. The van der Waals surface area contributed by atoms with Gasteiger partial charge in [0.25, 0.3) is 5.69 Å². The quantitative estimate of drug-likeness (QED) is 0.595. The minimum atomic E-state index is -0.346. The Morgan fingerprint density at radius 1 is 1.19 bits per heavy atom. The van der Waals surface area contributed by atoms with Gasteiger partial charge < -0.3 is 5.32 Å². The first-order chi connectivity index (χ1) is 10.1. The van der Waals surface area contributed by atoms with Crippen LogP contribution in [0.4, 0.5) is 11.4 Å². The third-order valence-corrected chi connectivity index (χ3v) is 3.74. The number of para-hydroxylation sites is 1. The number of benzene rings is 2. The number of anilines is 1. The molecule has 0 aliphatic rings. The van der Waals surface area contributed by atoms with Crippen LogP contribution in [0.2, 0.25) is 0 Å². The molecule has 4 nitrogen and oxygen atoms in total. The first-order valence-corrected chi connectivity index (χ1v) is 7.65. The molecule has 0 aromatic heterocycles. The smallest absolute Gasteiger partial charge is 0.274 e. The van der Waals surface area contributed by atoms with E-state index in [4.69, 9.17) is 0 Å². The molecular weight excluding hydrogens is 332 g/mol. The molecule has 0 unspecified atom stereocenters. The monoisotopic (exact) mass is 348 g/mol. The van der Waals surface area contributed by atoms with Gasteiger partial charge in [0, 0.05) is 28.3 Å². The molecule has 21 heavy (non-hydrogen) atoms. The number of nitro benzene ring substituents is 1. The van der Waals surface area contributed by atoms with Crippen molar-refractivity contribution in [3.8, 4) is 0 Å². The Hall–Kier alpha value is -1.88. The summed E-state index contributed by atoms with van der Waals surface area (Å²) in [6.45, 7) is 2.56. The molecule has 1 N–H and O–H groups in total. The summed E-state index contributed by atoms with van der Waals surface area (Å²) in [6, 6.07) is 13.1. The van der Waals surface area contributed by atoms with Crippen LogP contribution in [-0.2, 0) is 13.0 Å². The predicted octanol–water partition coefficient (Wildman–Crippen LogP) is 4.92. The van der Waals surface area contributed by atoms with Crippen LogP contribution in [0.3, 0.4) is 0 Å². The summed E-state index contributed by atoms with van der Waals surface area (Å²) in [5.74, 6) is 0. The van der Waals surface area contributed by atoms with Crippen molar-refractivity contribution in [2.45, 2.75) is 26.3 Å². The van der Waals surface area contributed by atoms with Gasteiger partial charge in [-0.25, -0.2) is 0 Å². The van der Waals surface area contributed by atoms with Crippen LogP contribution in [0.5, 0.6) is 0 Å². The molecule has 2 aromatic carbocycles. The van der Waals surface area contributed by atoms with Gasteiger partial charge in [0.05, 0.1) is 4.92 Å². The highest BCUT2D eigenvalue weighted by Gasteiger charge is 2.13. The number of nitrogens with zero attached hydrogens (tertiary/aromatic N) is 1. The van der Waals surface area contributed by atoms with Crippen LogP contribution in [0, 0.1) is 10.1 Å². The Morgan fingerprint density at radius 3 is 2.67 bits per heavy atom. The van der Waals surface area contributed by atoms with Crippen LogP contribution in [0.1, 0.15) is 24.5 Å². The Labute approximate surface area is 132 Å². The largest absolute Gasteiger partial charge is 0.380 e. The predicted molar refractivity (Wildman–Crippen MR) is 88.6 cm³/mol. The molecule has 0 saturated heterocycles. The minimum Gasteiger partial charge on any atom is -0.380 e. The fourth-order valence-corrected chi connectivity index (χ4v) is 2.65. The number of nitrogens with one attached hydrogen (secondary N) is 1. The van der Waals surface area contributed by atoms with Crippen molar-refractivity contribution in [3.63, 3.8) is 0 Å². The molecule has 110 valence electrons. The summed E-state index contributed by atoms with van der Waals surface area (Å²) in [7, 11) is 0. The van der Waals surface area contributed by atoms with Gasteiger partial charge in [-0.15, -0.1) is 0 Å². The Balaban J connectivity index is 2.20. The van der Waals surface area contributed by atoms with Gasteiger partial charge in [0.15, 0.2) is 0 Å². The highest BCUT2D eigenvalue weighted by molar-refractivity contribution is 9.10. The minimum absolute atomic E-state index is 0.138. The normalized spacial score (nSPS) is 10.4. The zero-order valence-electron chi connectivity index (χ0n) is 11.8. The van der Waals surface area contributed by atoms with Gasteiger partial charge in [-0.3, -0.25) is 10.1 Å². The number of nitro groups is 1. The average Bonchev–Trinajstić information content (AvgIpc) is 2.46. The molecule has 0 saturated carbocycles. The molecule has 0 atom stereocenters. The van der Waals surface area contributed by atoms with Crippen LogP contribution < -0.4 is 5.32 Å². The maximum Gasteiger partial charge on any atom is 0.274 e. The number of halogens is 1. The van der Waals surface area contributed by atoms with E-state index in [0.29, 0.717) is 12.1 Å². The summed E-state index contributed by atoms with van der Waals surface area (Å²) in [5.41, 5.74) is 3.07. The van der Waals surface area contributed by atoms with Crippen molar-refractivity contribution in [1.82, 2.24) is 0 Å². The lowest BCUT2D eigenvalue weighted by Gasteiger charge is -2.12. The van der Waals surface area contributed by atoms with Gasteiger partial charge in [-0.05, 0) is 30.2 Å². The lowest BCUT2D eigenvalue weighted by atomic mass is 10.1. The van der Waals surface area contributed by atoms with Gasteiger partial charge in [-0.1, -0.05) is 47.5 Å². The first-order valence-electron chi connectivity index (χ1n) is 6.86. The molecule has 0 heterocycles. The summed E-state index contributed by atoms with van der Waals surface area (Å²) < 4.78 is 0.840. The highest BCUT2D eigenvalue weighted by Crippen LogP contribution is 2.25. The SMILES string of the molecule is CCCc1ccccc1NCc1cc(Br)ccc1[N+](=O)[O-]. The third-order valence-electron chi connectivity index (χ3n) is 3.24. The van der Waals surface area contributed by atoms with E-state index < -0.39 is 0 Å². The summed E-state index contributed by atoms with van der Waals surface area (Å²) in [6.07, 6.45) is 2.06. The van der Waals surface area contributed by atoms with Crippen LogP contribution in [-0.4, -0.2) is 4.92 Å². The molecule has 5 heteroatoms. The van der Waals surface area contributed by atoms with Gasteiger partial charge in [-0.2, -0.15) is 0 Å².